The molecule has 42 heteroatoms. The van der Waals surface area contributed by atoms with Gasteiger partial charge in [0.25, 0.3) is 0 Å². The summed E-state index contributed by atoms with van der Waals surface area (Å²) in [6.07, 6.45) is 0. The summed E-state index contributed by atoms with van der Waals surface area (Å²) in [6.45, 7) is 0. The highest BCUT2D eigenvalue weighted by Gasteiger charge is 1.71. The molecule has 0 unspecified atom stereocenters. The Hall–Kier alpha value is -0.0000000000000000555. The van der Waals surface area contributed by atoms with Crippen LogP contribution in [0.3, 0.4) is 0 Å². The van der Waals surface area contributed by atoms with Gasteiger partial charge >= 0.3 is 0 Å². The topological polar surface area (TPSA) is 578 Å². The SMILES string of the molecule is C[NH2+]C.C[NH2+]C.C[NH2+]C.C[NH2+]C.C[NH2+]C.C[NH2+]C.C[NH2+]C.C[NH2+]C.C[NH2+]C.C[NH2+]C.C[NH2+]C.C[NH2+]C.O=P([O-])([O-])F.O=P([O-])([O-])F.O=P([O-])([O-])F.O=P([O-])([O-])F.O=P([O-])([O-])F.O=P([O-])([O-])F. The fourth-order valence-corrected chi connectivity index (χ4v) is 0. The molecule has 432 valence electrons. The van der Waals surface area contributed by atoms with Gasteiger partial charge in [0, 0.05) is 0 Å². The van der Waals surface area contributed by atoms with E-state index in [0.29, 0.717) is 0 Å². The second-order valence-corrected chi connectivity index (χ2v) is 14.7. The Kier molecular flexibility index (Phi) is 212. The maximum atomic E-state index is 10.1. The Bertz CT molecular complexity index is 709. The molecule has 0 saturated heterocycles. The minimum atomic E-state index is -5.64. The van der Waals surface area contributed by atoms with Gasteiger partial charge in [-0.25, -0.2) is 25.2 Å². The van der Waals surface area contributed by atoms with Crippen molar-refractivity contribution in [2.75, 3.05) is 169 Å². The van der Waals surface area contributed by atoms with Gasteiger partial charge in [-0.3, -0.25) is 0 Å². The van der Waals surface area contributed by atoms with E-state index < -0.39 is 47.4 Å². The highest BCUT2D eigenvalue weighted by molar-refractivity contribution is 7.43. The minimum absolute atomic E-state index is 2.00. The van der Waals surface area contributed by atoms with Gasteiger partial charge in [-0.15, -0.1) is 0 Å². The lowest BCUT2D eigenvalue weighted by molar-refractivity contribution is -0.597. The summed E-state index contributed by atoms with van der Waals surface area (Å²) >= 11 is 0. The Labute approximate surface area is 391 Å². The highest BCUT2D eigenvalue weighted by atomic mass is 31.2. The molecular weight excluding hydrogens is 1040 g/mol. The normalized spacial score (nSPS) is 8.64. The van der Waals surface area contributed by atoms with Crippen LogP contribution in [0.25, 0.3) is 0 Å². The van der Waals surface area contributed by atoms with Gasteiger partial charge in [-0.1, -0.05) is 0 Å². The van der Waals surface area contributed by atoms with Gasteiger partial charge in [-0.05, 0) is 0 Å². The molecule has 0 aromatic rings. The first kappa shape index (κ1) is 121. The number of nitrogens with two attached hydrogens (primary N) is 12. The van der Waals surface area contributed by atoms with Gasteiger partial charge in [0.1, 0.15) is 47.4 Å². The fourth-order valence-electron chi connectivity index (χ4n) is 0. The molecule has 0 aliphatic carbocycles. The van der Waals surface area contributed by atoms with Crippen LogP contribution < -0.4 is 123 Å². The lowest BCUT2D eigenvalue weighted by atomic mass is 11.3. The van der Waals surface area contributed by atoms with Crippen molar-refractivity contribution in [1.29, 1.82) is 0 Å². The van der Waals surface area contributed by atoms with Crippen molar-refractivity contribution < 1.29 is 175 Å². The van der Waals surface area contributed by atoms with Crippen LogP contribution in [0.15, 0.2) is 0 Å². The summed E-state index contributed by atoms with van der Waals surface area (Å²) in [4.78, 5) is 101. The van der Waals surface area contributed by atoms with E-state index in [-0.39, 0.29) is 0 Å². The van der Waals surface area contributed by atoms with Crippen LogP contribution in [-0.4, -0.2) is 169 Å². The summed E-state index contributed by atoms with van der Waals surface area (Å²) < 4.78 is 111. The van der Waals surface area contributed by atoms with Crippen LogP contribution in [0.2, 0.25) is 0 Å². The smallest absolute Gasteiger partial charge is 0.110 e. The molecule has 0 aliphatic heterocycles. The van der Waals surface area contributed by atoms with Crippen LogP contribution in [0.1, 0.15) is 0 Å². The second kappa shape index (κ2) is 116. The van der Waals surface area contributed by atoms with Crippen LogP contribution in [-0.2, 0) is 27.4 Å². The third kappa shape index (κ3) is 82399999999999995349378336668942073856. The van der Waals surface area contributed by atoms with Crippen LogP contribution >= 0.6 is 47.4 Å². The Morgan fingerprint density at radius 2 is 0.182 bits per heavy atom. The molecule has 0 fully saturated rings. The quantitative estimate of drug-likeness (QED) is 0.0792. The summed E-state index contributed by atoms with van der Waals surface area (Å²) in [5, 5.41) is 24.0. The summed E-state index contributed by atoms with van der Waals surface area (Å²) in [5.41, 5.74) is 0. The minimum Gasteiger partial charge on any atom is -0.786 e. The van der Waals surface area contributed by atoms with Crippen molar-refractivity contribution in [3.63, 3.8) is 0 Å². The predicted octanol–water partition coefficient (Wildman–Crippen LogP) is -21.6. The van der Waals surface area contributed by atoms with E-state index in [1.807, 2.05) is 233 Å². The Morgan fingerprint density at radius 1 is 0.182 bits per heavy atom. The zero-order valence-electron chi connectivity index (χ0n) is 43.2. The third-order valence-corrected chi connectivity index (χ3v) is 0. The van der Waals surface area contributed by atoms with Gasteiger partial charge in [0.15, 0.2) is 0 Å². The first-order valence-electron chi connectivity index (χ1n) is 18.2. The van der Waals surface area contributed by atoms with E-state index in [1.165, 1.54) is 0 Å². The molecule has 0 amide bonds. The van der Waals surface area contributed by atoms with E-state index >= 15 is 0 Å². The second-order valence-electron chi connectivity index (χ2n) is 9.51. The molecule has 0 atom stereocenters. The number of halogens is 6. The molecule has 0 aromatic heterocycles. The number of hydrogen-bond donors (Lipinski definition) is 12. The lowest BCUT2D eigenvalue weighted by Crippen LogP contribution is -2.74. The molecule has 0 rings (SSSR count). The van der Waals surface area contributed by atoms with Crippen molar-refractivity contribution in [2.45, 2.75) is 0 Å². The van der Waals surface area contributed by atoms with Crippen molar-refractivity contribution in [2.24, 2.45) is 0 Å². The first-order chi connectivity index (χ1) is 29.0. The molecule has 0 bridgehead atoms. The van der Waals surface area contributed by atoms with Crippen molar-refractivity contribution >= 4 is 47.4 Å². The third-order valence-electron chi connectivity index (χ3n) is 0. The first-order valence-corrected chi connectivity index (χ1v) is 26.8. The van der Waals surface area contributed by atoms with E-state index in [2.05, 4.69) is 0 Å². The van der Waals surface area contributed by atoms with Gasteiger partial charge < -0.3 is 150 Å². The zero-order valence-corrected chi connectivity index (χ0v) is 48.6. The fraction of sp³-hybridized carbons (Fsp3) is 1.00. The van der Waals surface area contributed by atoms with E-state index in [4.69, 9.17) is 86.1 Å². The monoisotopic (exact) mass is 1140 g/mol. The molecule has 0 saturated carbocycles. The number of quaternary nitrogens is 12. The molecule has 66 heavy (non-hydrogen) atoms. The van der Waals surface area contributed by atoms with E-state index in [1.54, 1.807) is 0 Å². The molecule has 0 aromatic carbocycles. The van der Waals surface area contributed by atoms with Gasteiger partial charge in [0.05, 0.1) is 169 Å². The summed E-state index contributed by atoms with van der Waals surface area (Å²) in [5.74, 6) is 0. The standard InChI is InChI=1S/12C2H7N.6FH2O3P/c12*1-3-2;6*1-5(2,3)4/h12*3H,1-2H3;6*(H2,2,3,4). The average Bonchev–Trinajstić information content (AvgIpc) is 2.97. The van der Waals surface area contributed by atoms with Crippen LogP contribution in [0, 0.1) is 0 Å². The highest BCUT2D eigenvalue weighted by Crippen LogP contribution is 2.24. The number of rotatable bonds is 0. The Balaban J connectivity index is -0.0000000232. The summed E-state index contributed by atoms with van der Waals surface area (Å²) in [6, 6.07) is 0. The maximum absolute atomic E-state index is 10.1. The number of hydrogen-bond acceptors (Lipinski definition) is 18. The maximum Gasteiger partial charge on any atom is 0.110 e. The van der Waals surface area contributed by atoms with E-state index in [9.17, 15) is 25.2 Å². The molecule has 0 aliphatic rings. The van der Waals surface area contributed by atoms with Crippen molar-refractivity contribution in [3.05, 3.63) is 0 Å². The molecule has 0 radical (unpaired) electrons. The van der Waals surface area contributed by atoms with Crippen molar-refractivity contribution in [1.82, 2.24) is 0 Å². The predicted molar refractivity (Wildman–Crippen MR) is 218 cm³/mol. The molecule has 0 heterocycles. The molecule has 0 spiro atoms. The zero-order chi connectivity index (χ0) is 59.5. The average molecular weight is 1140 g/mol. The largest absolute Gasteiger partial charge is 0.786 e. The van der Waals surface area contributed by atoms with Crippen LogP contribution in [0.5, 0.6) is 0 Å². The van der Waals surface area contributed by atoms with Crippen LogP contribution in [0.4, 0.5) is 25.2 Å². The van der Waals surface area contributed by atoms with Gasteiger partial charge in [-0.2, -0.15) is 0 Å². The Morgan fingerprint density at radius 3 is 0.182 bits per heavy atom. The van der Waals surface area contributed by atoms with Gasteiger partial charge in [0.2, 0.25) is 0 Å². The molecular formula is C24H96F6N12O18P6. The molecule has 24 N–H and O–H groups in total. The van der Waals surface area contributed by atoms with E-state index in [0.717, 1.165) is 0 Å². The summed E-state index contributed by atoms with van der Waals surface area (Å²) in [7, 11) is 14.2. The van der Waals surface area contributed by atoms with Crippen molar-refractivity contribution in [3.8, 4) is 0 Å². The lowest BCUT2D eigenvalue weighted by Gasteiger charge is -2.15. The molecule has 30 nitrogen and oxygen atoms in total.